The fraction of sp³-hybridized carbons (Fsp3) is 0.833. The van der Waals surface area contributed by atoms with Crippen LogP contribution in [0, 0.1) is 5.92 Å². The van der Waals surface area contributed by atoms with Gasteiger partial charge in [0.1, 0.15) is 6.04 Å². The molecule has 2 N–H and O–H groups in total. The molecule has 1 heterocycles. The molecule has 2 aliphatic rings. The molecule has 0 radical (unpaired) electrons. The van der Waals surface area contributed by atoms with Gasteiger partial charge in [-0.1, -0.05) is 0 Å². The summed E-state index contributed by atoms with van der Waals surface area (Å²) in [5.74, 6) is -1.94. The van der Waals surface area contributed by atoms with Crippen molar-refractivity contribution in [3.05, 3.63) is 0 Å². The lowest BCUT2D eigenvalue weighted by Crippen LogP contribution is -2.45. The number of hydrogen-bond donors (Lipinski definition) is 2. The predicted octanol–water partition coefficient (Wildman–Crippen LogP) is -0.982. The van der Waals surface area contributed by atoms with Crippen molar-refractivity contribution >= 4 is 21.9 Å². The summed E-state index contributed by atoms with van der Waals surface area (Å²) in [6.45, 7) is 1.30. The van der Waals surface area contributed by atoms with E-state index >= 15 is 0 Å². The zero-order chi connectivity index (χ0) is 15.5. The van der Waals surface area contributed by atoms with Crippen LogP contribution in [0.4, 0.5) is 0 Å². The summed E-state index contributed by atoms with van der Waals surface area (Å²) in [5.41, 5.74) is 0. The molecule has 120 valence electrons. The summed E-state index contributed by atoms with van der Waals surface area (Å²) >= 11 is 0. The molecule has 1 aliphatic carbocycles. The third-order valence-electron chi connectivity index (χ3n) is 3.63. The number of carbonyl (C=O) groups is 2. The van der Waals surface area contributed by atoms with Crippen molar-refractivity contribution in [2.45, 2.75) is 25.3 Å². The molecular formula is C12H20N2O6S. The van der Waals surface area contributed by atoms with Crippen molar-refractivity contribution in [1.82, 2.24) is 9.62 Å². The number of ether oxygens (including phenoxy) is 1. The van der Waals surface area contributed by atoms with Gasteiger partial charge in [-0.3, -0.25) is 4.79 Å². The van der Waals surface area contributed by atoms with Gasteiger partial charge in [0.05, 0.1) is 19.0 Å². The molecule has 1 amide bonds. The average Bonchev–Trinajstić information content (AvgIpc) is 3.28. The van der Waals surface area contributed by atoms with Gasteiger partial charge in [0.2, 0.25) is 15.9 Å². The quantitative estimate of drug-likeness (QED) is 0.623. The van der Waals surface area contributed by atoms with E-state index in [4.69, 9.17) is 9.84 Å². The van der Waals surface area contributed by atoms with Crippen LogP contribution in [0.5, 0.6) is 0 Å². The molecule has 1 saturated heterocycles. The Morgan fingerprint density at radius 3 is 2.43 bits per heavy atom. The first-order valence-electron chi connectivity index (χ1n) is 6.98. The van der Waals surface area contributed by atoms with Gasteiger partial charge < -0.3 is 15.2 Å². The molecule has 1 atom stereocenters. The van der Waals surface area contributed by atoms with Crippen LogP contribution in [0.1, 0.15) is 19.3 Å². The Morgan fingerprint density at radius 1 is 1.29 bits per heavy atom. The Kier molecular flexibility index (Phi) is 5.17. The molecule has 0 spiro atoms. The first-order valence-corrected chi connectivity index (χ1v) is 8.59. The van der Waals surface area contributed by atoms with E-state index in [9.17, 15) is 18.0 Å². The maximum atomic E-state index is 12.0. The highest BCUT2D eigenvalue weighted by Gasteiger charge is 2.37. The van der Waals surface area contributed by atoms with E-state index in [1.54, 1.807) is 0 Å². The summed E-state index contributed by atoms with van der Waals surface area (Å²) in [4.78, 5) is 22.7. The highest BCUT2D eigenvalue weighted by Crippen LogP contribution is 2.32. The Hall–Kier alpha value is -1.19. The minimum Gasteiger partial charge on any atom is -0.480 e. The predicted molar refractivity (Wildman–Crippen MR) is 73.1 cm³/mol. The topological polar surface area (TPSA) is 113 Å². The lowest BCUT2D eigenvalue weighted by molar-refractivity contribution is -0.142. The zero-order valence-electron chi connectivity index (χ0n) is 11.7. The van der Waals surface area contributed by atoms with Crippen LogP contribution in [0.3, 0.4) is 0 Å². The fourth-order valence-electron chi connectivity index (χ4n) is 2.23. The number of aliphatic carboxylic acids is 1. The van der Waals surface area contributed by atoms with Gasteiger partial charge in [-0.25, -0.2) is 13.2 Å². The molecular weight excluding hydrogens is 300 g/mol. The second-order valence-corrected chi connectivity index (χ2v) is 7.39. The molecule has 0 aromatic carbocycles. The third kappa shape index (κ3) is 4.65. The maximum absolute atomic E-state index is 12.0. The van der Waals surface area contributed by atoms with Crippen molar-refractivity contribution < 1.29 is 27.9 Å². The molecule has 1 saturated carbocycles. The highest BCUT2D eigenvalue weighted by molar-refractivity contribution is 7.89. The first-order chi connectivity index (χ1) is 9.90. The second-order valence-electron chi connectivity index (χ2n) is 5.30. The number of carboxylic acids is 1. The van der Waals surface area contributed by atoms with E-state index in [0.29, 0.717) is 26.3 Å². The lowest BCUT2D eigenvalue weighted by Gasteiger charge is -2.26. The third-order valence-corrected chi connectivity index (χ3v) is 5.50. The van der Waals surface area contributed by atoms with E-state index in [-0.39, 0.29) is 18.1 Å². The van der Waals surface area contributed by atoms with Crippen LogP contribution in [0.25, 0.3) is 0 Å². The zero-order valence-corrected chi connectivity index (χ0v) is 12.5. The summed E-state index contributed by atoms with van der Waals surface area (Å²) in [5, 5.41) is 11.4. The van der Waals surface area contributed by atoms with E-state index in [1.807, 2.05) is 0 Å². The Labute approximate surface area is 123 Å². The number of rotatable bonds is 7. The SMILES string of the molecule is O=C(CCS(=O)(=O)N1CCOCC1)NC(C(=O)O)C1CC1. The van der Waals surface area contributed by atoms with Crippen molar-refractivity contribution in [3.63, 3.8) is 0 Å². The fourth-order valence-corrected chi connectivity index (χ4v) is 3.64. The van der Waals surface area contributed by atoms with Crippen molar-refractivity contribution in [2.75, 3.05) is 32.1 Å². The average molecular weight is 320 g/mol. The number of sulfonamides is 1. The number of morpholine rings is 1. The summed E-state index contributed by atoms with van der Waals surface area (Å²) in [7, 11) is -3.49. The largest absolute Gasteiger partial charge is 0.480 e. The van der Waals surface area contributed by atoms with Gasteiger partial charge in [0.15, 0.2) is 0 Å². The molecule has 9 heteroatoms. The molecule has 21 heavy (non-hydrogen) atoms. The van der Waals surface area contributed by atoms with E-state index in [1.165, 1.54) is 4.31 Å². The first kappa shape index (κ1) is 16.2. The Bertz CT molecular complexity index is 496. The monoisotopic (exact) mass is 320 g/mol. The molecule has 0 aromatic heterocycles. The lowest BCUT2D eigenvalue weighted by atomic mass is 10.2. The molecule has 8 nitrogen and oxygen atoms in total. The molecule has 0 bridgehead atoms. The Morgan fingerprint density at radius 2 is 1.90 bits per heavy atom. The van der Waals surface area contributed by atoms with Gasteiger partial charge in [-0.15, -0.1) is 0 Å². The van der Waals surface area contributed by atoms with E-state index in [2.05, 4.69) is 5.32 Å². The summed E-state index contributed by atoms with van der Waals surface area (Å²) < 4.78 is 30.4. The second kappa shape index (κ2) is 6.71. The smallest absolute Gasteiger partial charge is 0.326 e. The number of nitrogens with one attached hydrogen (secondary N) is 1. The minimum absolute atomic E-state index is 0.0256. The van der Waals surface area contributed by atoms with Crippen molar-refractivity contribution in [1.29, 1.82) is 0 Å². The minimum atomic E-state index is -3.49. The van der Waals surface area contributed by atoms with E-state index < -0.39 is 27.9 Å². The van der Waals surface area contributed by atoms with Crippen LogP contribution < -0.4 is 5.32 Å². The summed E-state index contributed by atoms with van der Waals surface area (Å²) in [6, 6.07) is -0.899. The number of nitrogens with zero attached hydrogens (tertiary/aromatic N) is 1. The molecule has 1 aliphatic heterocycles. The van der Waals surface area contributed by atoms with Gasteiger partial charge in [-0.05, 0) is 18.8 Å². The molecule has 0 aromatic rings. The van der Waals surface area contributed by atoms with Crippen molar-refractivity contribution in [3.8, 4) is 0 Å². The standard InChI is InChI=1S/C12H20N2O6S/c15-10(13-11(12(16)17)9-1-2-9)3-8-21(18,19)14-4-6-20-7-5-14/h9,11H,1-8H2,(H,13,15)(H,16,17). The number of carboxylic acid groups (broad SMARTS) is 1. The van der Waals surface area contributed by atoms with Gasteiger partial charge in [0, 0.05) is 19.5 Å². The van der Waals surface area contributed by atoms with Crippen LogP contribution in [-0.2, 0) is 24.3 Å². The highest BCUT2D eigenvalue weighted by atomic mass is 32.2. The van der Waals surface area contributed by atoms with Gasteiger partial charge in [0.25, 0.3) is 0 Å². The van der Waals surface area contributed by atoms with Gasteiger partial charge in [-0.2, -0.15) is 4.31 Å². The molecule has 1 unspecified atom stereocenters. The summed E-state index contributed by atoms with van der Waals surface area (Å²) in [6.07, 6.45) is 1.34. The normalized spacial score (nSPS) is 21.7. The van der Waals surface area contributed by atoms with Crippen molar-refractivity contribution in [2.24, 2.45) is 5.92 Å². The van der Waals surface area contributed by atoms with Crippen LogP contribution >= 0.6 is 0 Å². The number of hydrogen-bond acceptors (Lipinski definition) is 5. The maximum Gasteiger partial charge on any atom is 0.326 e. The molecule has 2 rings (SSSR count). The van der Waals surface area contributed by atoms with Crippen LogP contribution in [0.15, 0.2) is 0 Å². The number of carbonyl (C=O) groups excluding carboxylic acids is 1. The van der Waals surface area contributed by atoms with Crippen LogP contribution in [0.2, 0.25) is 0 Å². The van der Waals surface area contributed by atoms with E-state index in [0.717, 1.165) is 12.8 Å². The number of amides is 1. The van der Waals surface area contributed by atoms with Gasteiger partial charge >= 0.3 is 5.97 Å². The Balaban J connectivity index is 1.81. The van der Waals surface area contributed by atoms with Crippen LogP contribution in [-0.4, -0.2) is 67.8 Å². The molecule has 2 fully saturated rings.